The number of hydrogen-bond donors (Lipinski definition) is 1. The smallest absolute Gasteiger partial charge is 0.137 e. The summed E-state index contributed by atoms with van der Waals surface area (Å²) in [5.41, 5.74) is 6.52. The zero-order chi connectivity index (χ0) is 22.8. The lowest BCUT2D eigenvalue weighted by atomic mass is 9.93. The fourth-order valence-corrected chi connectivity index (χ4v) is 4.46. The molecule has 0 fully saturated rings. The topological polar surface area (TPSA) is 40.8 Å². The lowest BCUT2D eigenvalue weighted by Crippen LogP contribution is -2.19. The highest BCUT2D eigenvalue weighted by atomic mass is 16.3. The van der Waals surface area contributed by atoms with Gasteiger partial charge in [0.15, 0.2) is 0 Å². The lowest BCUT2D eigenvalue weighted by Gasteiger charge is -2.29. The summed E-state index contributed by atoms with van der Waals surface area (Å²) in [6.45, 7) is 6.04. The molecule has 2 aromatic heterocycles. The molecule has 162 valence electrons. The molecule has 2 heterocycles. The molecule has 0 aliphatic heterocycles. The maximum absolute atomic E-state index is 9.84. The number of phenols is 1. The number of pyridine rings is 1. The van der Waals surface area contributed by atoms with Crippen LogP contribution in [-0.4, -0.2) is 19.4 Å². The van der Waals surface area contributed by atoms with E-state index < -0.39 is 0 Å². The minimum atomic E-state index is -0.0918. The number of rotatable bonds is 6. The summed E-state index contributed by atoms with van der Waals surface area (Å²) in [5.74, 6) is 0.251. The maximum atomic E-state index is 9.84. The Hall–Kier alpha value is -4.31. The van der Waals surface area contributed by atoms with Crippen LogP contribution < -0.4 is 0 Å². The largest absolute Gasteiger partial charge is 0.508 e. The van der Waals surface area contributed by atoms with Gasteiger partial charge >= 0.3 is 0 Å². The van der Waals surface area contributed by atoms with Gasteiger partial charge in [-0.15, -0.1) is 0 Å². The second-order valence-electron chi connectivity index (χ2n) is 7.96. The van der Waals surface area contributed by atoms with Crippen LogP contribution in [0.5, 0.6) is 5.75 Å². The Bertz CT molecular complexity index is 1450. The van der Waals surface area contributed by atoms with Gasteiger partial charge in [-0.2, -0.15) is 0 Å². The summed E-state index contributed by atoms with van der Waals surface area (Å²) in [7, 11) is 0. The normalized spacial score (nSPS) is 12.4. The molecule has 4 heteroatoms. The fraction of sp³-hybridized carbons (Fsp3) is 0.0690. The predicted molar refractivity (Wildman–Crippen MR) is 135 cm³/mol. The highest BCUT2D eigenvalue weighted by Crippen LogP contribution is 2.36. The van der Waals surface area contributed by atoms with Crippen LogP contribution in [0.4, 0.5) is 0 Å². The van der Waals surface area contributed by atoms with E-state index in [9.17, 15) is 5.11 Å². The van der Waals surface area contributed by atoms with Crippen LogP contribution in [0.1, 0.15) is 24.1 Å². The van der Waals surface area contributed by atoms with E-state index in [0.29, 0.717) is 0 Å². The molecular weight excluding hydrogens is 406 g/mol. The van der Waals surface area contributed by atoms with Crippen molar-refractivity contribution < 1.29 is 5.11 Å². The van der Waals surface area contributed by atoms with Crippen LogP contribution in [0.2, 0.25) is 0 Å². The number of nitrogens with zero attached hydrogens (tertiary/aromatic N) is 3. The van der Waals surface area contributed by atoms with Gasteiger partial charge in [-0.1, -0.05) is 61.2 Å². The quantitative estimate of drug-likeness (QED) is 0.317. The number of allylic oxidation sites excluding steroid dienone is 1. The summed E-state index contributed by atoms with van der Waals surface area (Å²) in [5, 5.41) is 11.0. The van der Waals surface area contributed by atoms with Crippen molar-refractivity contribution in [3.63, 3.8) is 0 Å². The summed E-state index contributed by atoms with van der Waals surface area (Å²) >= 11 is 0. The number of aromatic nitrogens is 2. The molecule has 5 aromatic rings. The minimum Gasteiger partial charge on any atom is -0.508 e. The summed E-state index contributed by atoms with van der Waals surface area (Å²) in [4.78, 5) is 6.63. The van der Waals surface area contributed by atoms with Gasteiger partial charge in [0, 0.05) is 24.0 Å². The van der Waals surface area contributed by atoms with E-state index >= 15 is 0 Å². The predicted octanol–water partition coefficient (Wildman–Crippen LogP) is 6.93. The van der Waals surface area contributed by atoms with Gasteiger partial charge in [-0.25, -0.2) is 4.98 Å². The molecule has 1 N–H and O–H groups in total. The van der Waals surface area contributed by atoms with Gasteiger partial charge in [0.2, 0.25) is 0 Å². The molecule has 3 aromatic carbocycles. The molecule has 1 atom stereocenters. The number of fused-ring (bicyclic) bond motifs is 3. The molecule has 0 bridgehead atoms. The summed E-state index contributed by atoms with van der Waals surface area (Å²) < 4.78 is 2.12. The van der Waals surface area contributed by atoms with Crippen molar-refractivity contribution in [2.24, 2.45) is 0 Å². The Morgan fingerprint density at radius 1 is 0.970 bits per heavy atom. The Labute approximate surface area is 193 Å². The molecule has 0 radical (unpaired) electrons. The van der Waals surface area contributed by atoms with E-state index in [0.717, 1.165) is 38.8 Å². The van der Waals surface area contributed by atoms with E-state index in [1.165, 1.54) is 0 Å². The molecule has 0 saturated heterocycles. The molecule has 5 rings (SSSR count). The molecule has 0 spiro atoms. The first-order valence-corrected chi connectivity index (χ1v) is 11.0. The third kappa shape index (κ3) is 3.76. The van der Waals surface area contributed by atoms with E-state index in [1.807, 2.05) is 56.0 Å². The summed E-state index contributed by atoms with van der Waals surface area (Å²) in [6.07, 6.45) is 9.69. The van der Waals surface area contributed by atoms with Crippen LogP contribution >= 0.6 is 0 Å². The first-order valence-electron chi connectivity index (χ1n) is 11.0. The average Bonchev–Trinajstić information content (AvgIpc) is 3.33. The van der Waals surface area contributed by atoms with Crippen molar-refractivity contribution in [3.8, 4) is 16.9 Å². The molecule has 1 unspecified atom stereocenters. The van der Waals surface area contributed by atoms with Gasteiger partial charge in [0.25, 0.3) is 0 Å². The minimum absolute atomic E-state index is 0.0918. The number of aromatic hydroxyl groups is 1. The first kappa shape index (κ1) is 20.6. The molecule has 0 aliphatic rings. The third-order valence-corrected chi connectivity index (χ3v) is 5.95. The van der Waals surface area contributed by atoms with Crippen molar-refractivity contribution in [2.45, 2.75) is 13.0 Å². The second kappa shape index (κ2) is 8.67. The van der Waals surface area contributed by atoms with Crippen molar-refractivity contribution in [2.75, 3.05) is 0 Å². The van der Waals surface area contributed by atoms with Gasteiger partial charge in [-0.3, -0.25) is 4.40 Å². The van der Waals surface area contributed by atoms with Gasteiger partial charge in [0.05, 0.1) is 11.6 Å². The van der Waals surface area contributed by atoms with Crippen LogP contribution in [0, 0.1) is 0 Å². The van der Waals surface area contributed by atoms with Crippen LogP contribution in [-0.2, 0) is 0 Å². The number of benzene rings is 3. The van der Waals surface area contributed by atoms with Crippen LogP contribution in [0.3, 0.4) is 0 Å². The Kier molecular flexibility index (Phi) is 5.41. The van der Waals surface area contributed by atoms with Crippen molar-refractivity contribution in [3.05, 3.63) is 127 Å². The highest BCUT2D eigenvalue weighted by molar-refractivity contribution is 5.97. The molecule has 4 nitrogen and oxygen atoms in total. The average molecular weight is 432 g/mol. The van der Waals surface area contributed by atoms with Gasteiger partial charge < -0.3 is 10.0 Å². The molecule has 33 heavy (non-hydrogen) atoms. The van der Waals surface area contributed by atoms with Crippen molar-refractivity contribution in [1.82, 2.24) is 14.3 Å². The maximum Gasteiger partial charge on any atom is 0.137 e. The molecule has 0 aliphatic carbocycles. The van der Waals surface area contributed by atoms with E-state index in [1.54, 1.807) is 12.1 Å². The number of imidazole rings is 1. The monoisotopic (exact) mass is 431 g/mol. The number of hydrogen-bond acceptors (Lipinski definition) is 3. The standard InChI is InChI=1S/C29H25N3O/c1-3-17-31(4-2)29(22-10-13-24(33)14-11-22)23-12-15-27-26(19-23)25(21-8-6-5-7-9-21)20-28-30-16-18-32(27)28/h3-20,29,33H,2H2,1H3/b17-3-. The third-order valence-electron chi connectivity index (χ3n) is 5.95. The molecule has 0 saturated carbocycles. The van der Waals surface area contributed by atoms with E-state index in [2.05, 4.69) is 69.4 Å². The van der Waals surface area contributed by atoms with E-state index in [-0.39, 0.29) is 11.8 Å². The Morgan fingerprint density at radius 2 is 1.73 bits per heavy atom. The van der Waals surface area contributed by atoms with Crippen molar-refractivity contribution >= 4 is 16.6 Å². The first-order chi connectivity index (χ1) is 16.2. The molecule has 0 amide bonds. The molecular formula is C29H25N3O. The zero-order valence-corrected chi connectivity index (χ0v) is 18.5. The van der Waals surface area contributed by atoms with Crippen molar-refractivity contribution in [1.29, 1.82) is 0 Å². The Balaban J connectivity index is 1.78. The Morgan fingerprint density at radius 3 is 2.45 bits per heavy atom. The second-order valence-corrected chi connectivity index (χ2v) is 7.96. The van der Waals surface area contributed by atoms with Gasteiger partial charge in [-0.05, 0) is 65.7 Å². The van der Waals surface area contributed by atoms with Gasteiger partial charge in [0.1, 0.15) is 11.4 Å². The fourth-order valence-electron chi connectivity index (χ4n) is 4.46. The zero-order valence-electron chi connectivity index (χ0n) is 18.5. The lowest BCUT2D eigenvalue weighted by molar-refractivity contribution is 0.427. The summed E-state index contributed by atoms with van der Waals surface area (Å²) in [6, 6.07) is 26.4. The van der Waals surface area contributed by atoms with Crippen LogP contribution in [0.25, 0.3) is 27.7 Å². The SMILES string of the molecule is C=CN(/C=C\C)C(c1ccc(O)cc1)c1ccc2c(c1)c(-c1ccccc1)cc1nccn12. The van der Waals surface area contributed by atoms with Crippen LogP contribution in [0.15, 0.2) is 116 Å². The number of phenolic OH excluding ortho intramolecular Hbond substituents is 1. The van der Waals surface area contributed by atoms with E-state index in [4.69, 9.17) is 0 Å². The highest BCUT2D eigenvalue weighted by Gasteiger charge is 2.20.